The Morgan fingerprint density at radius 1 is 1.75 bits per heavy atom. The molecule has 0 saturated heterocycles. The summed E-state index contributed by atoms with van der Waals surface area (Å²) in [6.07, 6.45) is 3.41. The molecule has 0 amide bonds. The van der Waals surface area contributed by atoms with Gasteiger partial charge < -0.3 is 5.32 Å². The van der Waals surface area contributed by atoms with Crippen LogP contribution in [0, 0.1) is 5.92 Å². The van der Waals surface area contributed by atoms with Crippen molar-refractivity contribution in [3.8, 4) is 0 Å². The molecule has 1 rings (SSSR count). The van der Waals surface area contributed by atoms with Crippen LogP contribution in [0.25, 0.3) is 0 Å². The van der Waals surface area contributed by atoms with Gasteiger partial charge in [-0.05, 0) is 25.5 Å². The number of rotatable bonds is 0. The van der Waals surface area contributed by atoms with E-state index >= 15 is 0 Å². The molecule has 1 aliphatic rings. The monoisotopic (exact) mass is 111 g/mol. The first kappa shape index (κ1) is 5.67. The predicted molar refractivity (Wildman–Crippen MR) is 35.5 cm³/mol. The maximum Gasteiger partial charge on any atom is 0.0147 e. The fourth-order valence-corrected chi connectivity index (χ4v) is 0.903. The summed E-state index contributed by atoms with van der Waals surface area (Å²) >= 11 is 0. The largest absolute Gasteiger partial charge is 0.391 e. The van der Waals surface area contributed by atoms with Crippen LogP contribution in [0.1, 0.15) is 20.3 Å². The van der Waals surface area contributed by atoms with Crippen molar-refractivity contribution < 1.29 is 0 Å². The summed E-state index contributed by atoms with van der Waals surface area (Å²) in [5.74, 6) is 0.802. The van der Waals surface area contributed by atoms with Crippen LogP contribution in [0.5, 0.6) is 0 Å². The van der Waals surface area contributed by atoms with Crippen molar-refractivity contribution in [3.05, 3.63) is 11.8 Å². The Bertz CT molecular complexity index is 105. The molecule has 0 radical (unpaired) electrons. The lowest BCUT2D eigenvalue weighted by atomic mass is 9.98. The fourth-order valence-electron chi connectivity index (χ4n) is 0.903. The Balaban J connectivity index is 2.53. The van der Waals surface area contributed by atoms with Crippen molar-refractivity contribution in [2.75, 3.05) is 6.54 Å². The molecule has 1 nitrogen and oxygen atoms in total. The highest BCUT2D eigenvalue weighted by Crippen LogP contribution is 2.14. The Kier molecular flexibility index (Phi) is 1.56. The standard InChI is InChI=1S/C7H13N/c1-6-3-4-8-5-7(6)2/h5-6,8H,3-4H2,1-2H3. The first-order valence-corrected chi connectivity index (χ1v) is 3.21. The van der Waals surface area contributed by atoms with E-state index in [4.69, 9.17) is 0 Å². The quantitative estimate of drug-likeness (QED) is 0.499. The van der Waals surface area contributed by atoms with Gasteiger partial charge in [-0.15, -0.1) is 0 Å². The molecule has 1 heteroatoms. The SMILES string of the molecule is CC1=CNCCC1C. The molecule has 0 aliphatic carbocycles. The molecular formula is C7H13N. The number of allylic oxidation sites excluding steroid dienone is 1. The molecule has 1 unspecified atom stereocenters. The van der Waals surface area contributed by atoms with Crippen LogP contribution in [-0.4, -0.2) is 6.54 Å². The first-order chi connectivity index (χ1) is 3.80. The maximum atomic E-state index is 3.20. The molecule has 0 saturated carbocycles. The van der Waals surface area contributed by atoms with Crippen LogP contribution < -0.4 is 5.32 Å². The number of hydrogen-bond donors (Lipinski definition) is 1. The summed E-state index contributed by atoms with van der Waals surface area (Å²) in [6.45, 7) is 5.60. The summed E-state index contributed by atoms with van der Waals surface area (Å²) in [6, 6.07) is 0. The van der Waals surface area contributed by atoms with E-state index in [2.05, 4.69) is 25.4 Å². The van der Waals surface area contributed by atoms with Crippen LogP contribution in [-0.2, 0) is 0 Å². The van der Waals surface area contributed by atoms with E-state index in [1.807, 2.05) is 0 Å². The third-order valence-electron chi connectivity index (χ3n) is 1.83. The molecule has 1 atom stereocenters. The second-order valence-corrected chi connectivity index (χ2v) is 2.53. The van der Waals surface area contributed by atoms with Crippen LogP contribution in [0.2, 0.25) is 0 Å². The van der Waals surface area contributed by atoms with Gasteiger partial charge >= 0.3 is 0 Å². The van der Waals surface area contributed by atoms with Gasteiger partial charge in [-0.1, -0.05) is 12.5 Å². The molecule has 1 N–H and O–H groups in total. The highest BCUT2D eigenvalue weighted by molar-refractivity contribution is 5.03. The zero-order valence-corrected chi connectivity index (χ0v) is 5.57. The van der Waals surface area contributed by atoms with E-state index in [9.17, 15) is 0 Å². The maximum absolute atomic E-state index is 3.20. The second kappa shape index (κ2) is 2.21. The Morgan fingerprint density at radius 3 is 2.88 bits per heavy atom. The van der Waals surface area contributed by atoms with Gasteiger partial charge in [0.25, 0.3) is 0 Å². The molecule has 46 valence electrons. The van der Waals surface area contributed by atoms with E-state index in [-0.39, 0.29) is 0 Å². The summed E-state index contributed by atoms with van der Waals surface area (Å²) in [5.41, 5.74) is 1.48. The normalized spacial score (nSPS) is 28.8. The molecule has 0 spiro atoms. The smallest absolute Gasteiger partial charge is 0.0147 e. The Morgan fingerprint density at radius 2 is 2.50 bits per heavy atom. The molecule has 1 aliphatic heterocycles. The minimum atomic E-state index is 0.802. The van der Waals surface area contributed by atoms with Crippen LogP contribution >= 0.6 is 0 Å². The summed E-state index contributed by atoms with van der Waals surface area (Å²) in [5, 5.41) is 3.20. The molecule has 0 fully saturated rings. The average molecular weight is 111 g/mol. The van der Waals surface area contributed by atoms with Crippen molar-refractivity contribution in [2.24, 2.45) is 5.92 Å². The molecule has 1 heterocycles. The topological polar surface area (TPSA) is 12.0 Å². The Labute approximate surface area is 50.8 Å². The summed E-state index contributed by atoms with van der Waals surface area (Å²) < 4.78 is 0. The lowest BCUT2D eigenvalue weighted by Gasteiger charge is -2.17. The zero-order valence-electron chi connectivity index (χ0n) is 5.57. The lowest BCUT2D eigenvalue weighted by Crippen LogP contribution is -2.18. The van der Waals surface area contributed by atoms with E-state index in [1.54, 1.807) is 0 Å². The van der Waals surface area contributed by atoms with E-state index in [0.717, 1.165) is 12.5 Å². The van der Waals surface area contributed by atoms with Gasteiger partial charge in [0.1, 0.15) is 0 Å². The van der Waals surface area contributed by atoms with Gasteiger partial charge in [0.2, 0.25) is 0 Å². The van der Waals surface area contributed by atoms with Crippen molar-refractivity contribution in [1.82, 2.24) is 5.32 Å². The molecule has 8 heavy (non-hydrogen) atoms. The van der Waals surface area contributed by atoms with E-state index < -0.39 is 0 Å². The molecule has 0 aromatic heterocycles. The van der Waals surface area contributed by atoms with Crippen LogP contribution in [0.3, 0.4) is 0 Å². The van der Waals surface area contributed by atoms with Gasteiger partial charge in [-0.2, -0.15) is 0 Å². The van der Waals surface area contributed by atoms with Crippen molar-refractivity contribution in [3.63, 3.8) is 0 Å². The predicted octanol–water partition coefficient (Wildman–Crippen LogP) is 1.52. The van der Waals surface area contributed by atoms with Gasteiger partial charge in [0.05, 0.1) is 0 Å². The van der Waals surface area contributed by atoms with Crippen molar-refractivity contribution in [1.29, 1.82) is 0 Å². The minimum Gasteiger partial charge on any atom is -0.391 e. The van der Waals surface area contributed by atoms with Gasteiger partial charge in [-0.3, -0.25) is 0 Å². The number of hydrogen-bond acceptors (Lipinski definition) is 1. The van der Waals surface area contributed by atoms with Crippen molar-refractivity contribution in [2.45, 2.75) is 20.3 Å². The van der Waals surface area contributed by atoms with Crippen LogP contribution in [0.4, 0.5) is 0 Å². The highest BCUT2D eigenvalue weighted by Gasteiger charge is 2.06. The highest BCUT2D eigenvalue weighted by atomic mass is 14.8. The van der Waals surface area contributed by atoms with Crippen molar-refractivity contribution >= 4 is 0 Å². The minimum absolute atomic E-state index is 0.802. The summed E-state index contributed by atoms with van der Waals surface area (Å²) in [7, 11) is 0. The van der Waals surface area contributed by atoms with Gasteiger partial charge in [0, 0.05) is 6.54 Å². The molecular weight excluding hydrogens is 98.1 g/mol. The van der Waals surface area contributed by atoms with Gasteiger partial charge in [0.15, 0.2) is 0 Å². The molecule has 0 aromatic rings. The van der Waals surface area contributed by atoms with Crippen LogP contribution in [0.15, 0.2) is 11.8 Å². The lowest BCUT2D eigenvalue weighted by molar-refractivity contribution is 0.557. The second-order valence-electron chi connectivity index (χ2n) is 2.53. The Hall–Kier alpha value is -0.460. The summed E-state index contributed by atoms with van der Waals surface area (Å²) in [4.78, 5) is 0. The fraction of sp³-hybridized carbons (Fsp3) is 0.714. The third-order valence-corrected chi connectivity index (χ3v) is 1.83. The van der Waals surface area contributed by atoms with E-state index in [0.29, 0.717) is 0 Å². The first-order valence-electron chi connectivity index (χ1n) is 3.21. The zero-order chi connectivity index (χ0) is 5.98. The molecule has 0 bridgehead atoms. The number of nitrogens with one attached hydrogen (secondary N) is 1. The molecule has 0 aromatic carbocycles. The average Bonchev–Trinajstić information content (AvgIpc) is 1.77. The third kappa shape index (κ3) is 1.03. The van der Waals surface area contributed by atoms with Gasteiger partial charge in [-0.25, -0.2) is 0 Å². The van der Waals surface area contributed by atoms with E-state index in [1.165, 1.54) is 12.0 Å².